The van der Waals surface area contributed by atoms with Crippen LogP contribution in [0.25, 0.3) is 0 Å². The molecule has 132 valence electrons. The number of furan rings is 1. The van der Waals surface area contributed by atoms with Gasteiger partial charge < -0.3 is 14.3 Å². The van der Waals surface area contributed by atoms with Crippen molar-refractivity contribution in [1.29, 1.82) is 0 Å². The largest absolute Gasteiger partial charge is 0.493 e. The van der Waals surface area contributed by atoms with Crippen LogP contribution in [0.2, 0.25) is 0 Å². The van der Waals surface area contributed by atoms with E-state index in [2.05, 4.69) is 4.72 Å². The van der Waals surface area contributed by atoms with E-state index in [1.54, 1.807) is 18.2 Å². The molecule has 2 N–H and O–H groups in total. The Morgan fingerprint density at radius 3 is 2.75 bits per heavy atom. The molecule has 1 aromatic carbocycles. The molecule has 0 aliphatic heterocycles. The maximum absolute atomic E-state index is 12.3. The second kappa shape index (κ2) is 8.32. The van der Waals surface area contributed by atoms with Crippen LogP contribution in [0.3, 0.4) is 0 Å². The number of aliphatic hydroxyl groups excluding tert-OH is 1. The molecule has 0 bridgehead atoms. The zero-order valence-corrected chi connectivity index (χ0v) is 14.7. The standard InChI is InChI=1S/C17H23NO5S/c1-3-9-23-17-5-4-15(11-13(17)2)24(20,21)18-8-6-16(19)14-7-10-22-12-14/h4-5,7,10-12,16,18-19H,3,6,8-9H2,1-2H3. The first-order valence-corrected chi connectivity index (χ1v) is 9.35. The summed E-state index contributed by atoms with van der Waals surface area (Å²) in [4.78, 5) is 0.182. The molecule has 2 rings (SSSR count). The second-order valence-electron chi connectivity index (χ2n) is 5.53. The van der Waals surface area contributed by atoms with Gasteiger partial charge in [0.2, 0.25) is 10.0 Å². The molecule has 0 amide bonds. The number of ether oxygens (including phenoxy) is 1. The number of nitrogens with one attached hydrogen (secondary N) is 1. The summed E-state index contributed by atoms with van der Waals surface area (Å²) in [6.45, 7) is 4.54. The van der Waals surface area contributed by atoms with E-state index in [4.69, 9.17) is 9.15 Å². The minimum absolute atomic E-state index is 0.127. The maximum atomic E-state index is 12.3. The van der Waals surface area contributed by atoms with Gasteiger partial charge in [-0.1, -0.05) is 6.92 Å². The molecular weight excluding hydrogens is 330 g/mol. The van der Waals surface area contributed by atoms with Gasteiger partial charge >= 0.3 is 0 Å². The summed E-state index contributed by atoms with van der Waals surface area (Å²) in [5, 5.41) is 9.93. The summed E-state index contributed by atoms with van der Waals surface area (Å²) in [5.74, 6) is 0.686. The molecule has 0 radical (unpaired) electrons. The third-order valence-corrected chi connectivity index (χ3v) is 5.01. The summed E-state index contributed by atoms with van der Waals surface area (Å²) in [5.41, 5.74) is 1.40. The van der Waals surface area contributed by atoms with Crippen LogP contribution in [0.15, 0.2) is 46.1 Å². The van der Waals surface area contributed by atoms with Crippen LogP contribution in [0.1, 0.15) is 37.0 Å². The molecule has 0 spiro atoms. The summed E-state index contributed by atoms with van der Waals surface area (Å²) in [6, 6.07) is 6.42. The van der Waals surface area contributed by atoms with Gasteiger partial charge in [-0.05, 0) is 49.6 Å². The minimum atomic E-state index is -3.62. The fourth-order valence-corrected chi connectivity index (χ4v) is 3.34. The monoisotopic (exact) mass is 353 g/mol. The van der Waals surface area contributed by atoms with Gasteiger partial charge in [0.25, 0.3) is 0 Å². The molecule has 2 aromatic rings. The van der Waals surface area contributed by atoms with Crippen molar-refractivity contribution in [3.8, 4) is 5.75 Å². The van der Waals surface area contributed by atoms with Crippen LogP contribution < -0.4 is 9.46 Å². The molecule has 7 heteroatoms. The molecule has 1 atom stereocenters. The number of benzene rings is 1. The molecule has 0 fully saturated rings. The number of sulfonamides is 1. The van der Waals surface area contributed by atoms with Crippen LogP contribution in [-0.2, 0) is 10.0 Å². The van der Waals surface area contributed by atoms with Crippen LogP contribution in [-0.4, -0.2) is 26.7 Å². The Morgan fingerprint density at radius 1 is 1.33 bits per heavy atom. The van der Waals surface area contributed by atoms with Crippen LogP contribution in [0.5, 0.6) is 5.75 Å². The van der Waals surface area contributed by atoms with Crippen molar-refractivity contribution >= 4 is 10.0 Å². The Labute approximate surface area is 142 Å². The van der Waals surface area contributed by atoms with Crippen molar-refractivity contribution in [1.82, 2.24) is 4.72 Å². The fourth-order valence-electron chi connectivity index (χ4n) is 2.21. The fraction of sp³-hybridized carbons (Fsp3) is 0.412. The third kappa shape index (κ3) is 4.83. The molecule has 6 nitrogen and oxygen atoms in total. The SMILES string of the molecule is CCCOc1ccc(S(=O)(=O)NCCC(O)c2ccoc2)cc1C. The molecule has 0 saturated heterocycles. The molecule has 0 aliphatic carbocycles. The second-order valence-corrected chi connectivity index (χ2v) is 7.30. The Balaban J connectivity index is 1.96. The molecule has 1 aromatic heterocycles. The average Bonchev–Trinajstić information content (AvgIpc) is 3.08. The molecule has 24 heavy (non-hydrogen) atoms. The highest BCUT2D eigenvalue weighted by Gasteiger charge is 2.16. The van der Waals surface area contributed by atoms with Gasteiger partial charge in [-0.15, -0.1) is 0 Å². The van der Waals surface area contributed by atoms with Gasteiger partial charge in [0.15, 0.2) is 0 Å². The molecule has 0 saturated carbocycles. The summed E-state index contributed by atoms with van der Waals surface area (Å²) >= 11 is 0. The summed E-state index contributed by atoms with van der Waals surface area (Å²) in [6.07, 6.45) is 3.29. The van der Waals surface area contributed by atoms with Gasteiger partial charge in [0.1, 0.15) is 5.75 Å². The Kier molecular flexibility index (Phi) is 6.42. The molecule has 0 aliphatic rings. The first kappa shape index (κ1) is 18.5. The average molecular weight is 353 g/mol. The summed E-state index contributed by atoms with van der Waals surface area (Å²) in [7, 11) is -3.62. The van der Waals surface area contributed by atoms with Crippen molar-refractivity contribution in [3.63, 3.8) is 0 Å². The smallest absolute Gasteiger partial charge is 0.240 e. The number of aliphatic hydroxyl groups is 1. The Hall–Kier alpha value is -1.83. The van der Waals surface area contributed by atoms with Gasteiger partial charge in [0, 0.05) is 12.1 Å². The van der Waals surface area contributed by atoms with E-state index in [0.717, 1.165) is 12.0 Å². The normalized spacial score (nSPS) is 13.0. The number of rotatable bonds is 9. The number of aryl methyl sites for hydroxylation is 1. The van der Waals surface area contributed by atoms with Gasteiger partial charge in [0.05, 0.1) is 30.1 Å². The molecule has 1 unspecified atom stereocenters. The zero-order chi connectivity index (χ0) is 17.6. The van der Waals surface area contributed by atoms with Crippen LogP contribution in [0.4, 0.5) is 0 Å². The Bertz CT molecular complexity index is 740. The van der Waals surface area contributed by atoms with Gasteiger partial charge in [-0.2, -0.15) is 0 Å². The number of hydrogen-bond acceptors (Lipinski definition) is 5. The first-order chi connectivity index (χ1) is 11.4. The molecule has 1 heterocycles. The van der Waals surface area contributed by atoms with Gasteiger partial charge in [-0.3, -0.25) is 0 Å². The highest BCUT2D eigenvalue weighted by Crippen LogP contribution is 2.22. The highest BCUT2D eigenvalue weighted by molar-refractivity contribution is 7.89. The van der Waals surface area contributed by atoms with E-state index in [-0.39, 0.29) is 17.9 Å². The highest BCUT2D eigenvalue weighted by atomic mass is 32.2. The lowest BCUT2D eigenvalue weighted by molar-refractivity contribution is 0.168. The maximum Gasteiger partial charge on any atom is 0.240 e. The van der Waals surface area contributed by atoms with E-state index < -0.39 is 16.1 Å². The quantitative estimate of drug-likeness (QED) is 0.724. The van der Waals surface area contributed by atoms with Crippen LogP contribution >= 0.6 is 0 Å². The predicted molar refractivity (Wildman–Crippen MR) is 90.4 cm³/mol. The zero-order valence-electron chi connectivity index (χ0n) is 13.9. The van der Waals surface area contributed by atoms with Crippen molar-refractivity contribution < 1.29 is 22.7 Å². The van der Waals surface area contributed by atoms with E-state index in [0.29, 0.717) is 17.9 Å². The van der Waals surface area contributed by atoms with Crippen LogP contribution in [0, 0.1) is 6.92 Å². The number of hydrogen-bond donors (Lipinski definition) is 2. The Morgan fingerprint density at radius 2 is 2.12 bits per heavy atom. The van der Waals surface area contributed by atoms with E-state index in [1.807, 2.05) is 13.8 Å². The lowest BCUT2D eigenvalue weighted by Crippen LogP contribution is -2.26. The van der Waals surface area contributed by atoms with E-state index >= 15 is 0 Å². The van der Waals surface area contributed by atoms with Gasteiger partial charge in [-0.25, -0.2) is 13.1 Å². The van der Waals surface area contributed by atoms with Crippen molar-refractivity contribution in [2.45, 2.75) is 37.7 Å². The molecular formula is C17H23NO5S. The minimum Gasteiger partial charge on any atom is -0.493 e. The topological polar surface area (TPSA) is 88.8 Å². The van der Waals surface area contributed by atoms with E-state index in [9.17, 15) is 13.5 Å². The first-order valence-electron chi connectivity index (χ1n) is 7.87. The van der Waals surface area contributed by atoms with Crippen molar-refractivity contribution in [3.05, 3.63) is 47.9 Å². The van der Waals surface area contributed by atoms with Crippen molar-refractivity contribution in [2.75, 3.05) is 13.2 Å². The third-order valence-electron chi connectivity index (χ3n) is 3.56. The van der Waals surface area contributed by atoms with E-state index in [1.165, 1.54) is 18.6 Å². The predicted octanol–water partition coefficient (Wildman–Crippen LogP) is 2.78. The lowest BCUT2D eigenvalue weighted by atomic mass is 10.1. The van der Waals surface area contributed by atoms with Crippen molar-refractivity contribution in [2.24, 2.45) is 0 Å². The summed E-state index contributed by atoms with van der Waals surface area (Å²) < 4.78 is 37.6. The lowest BCUT2D eigenvalue weighted by Gasteiger charge is -2.12.